The van der Waals surface area contributed by atoms with Crippen LogP contribution in [0.25, 0.3) is 12.2 Å². The van der Waals surface area contributed by atoms with Crippen molar-refractivity contribution in [2.45, 2.75) is 19.8 Å². The standard InChI is InChI=1S/C29H27N3O3.C3H6.CH5N/c1-21-25(17-23-7-12-27(30)13-8-23)19-31(29(33)16-11-22-5-3-2-4-6-22)20-26(21)18-24-9-14-28(15-10-24)32(34)35;1-3-2;1-2/h2-10,12-15,17-18H,1,11,16,19-20,30H2;3H,1H2,2H3;2H2,1H3/b25-17+,26-18+;;. The minimum Gasteiger partial charge on any atom is -0.399 e. The predicted molar refractivity (Wildman–Crippen MR) is 166 cm³/mol. The van der Waals surface area contributed by atoms with E-state index >= 15 is 0 Å². The van der Waals surface area contributed by atoms with E-state index in [1.807, 2.05) is 78.6 Å². The van der Waals surface area contributed by atoms with Crippen LogP contribution in [0.1, 0.15) is 30.0 Å². The molecule has 0 atom stereocenters. The van der Waals surface area contributed by atoms with Crippen molar-refractivity contribution >= 4 is 29.4 Å². The van der Waals surface area contributed by atoms with Crippen molar-refractivity contribution in [2.24, 2.45) is 5.73 Å². The molecule has 1 fully saturated rings. The first-order valence-corrected chi connectivity index (χ1v) is 13.0. The van der Waals surface area contributed by atoms with Crippen LogP contribution in [0.15, 0.2) is 115 Å². The van der Waals surface area contributed by atoms with Crippen molar-refractivity contribution in [3.63, 3.8) is 0 Å². The number of allylic oxidation sites excluding steroid dienone is 1. The Kier molecular flexibility index (Phi) is 12.8. The van der Waals surface area contributed by atoms with E-state index < -0.39 is 4.92 Å². The average molecular weight is 539 g/mol. The van der Waals surface area contributed by atoms with Gasteiger partial charge in [0.15, 0.2) is 0 Å². The molecule has 40 heavy (non-hydrogen) atoms. The fourth-order valence-electron chi connectivity index (χ4n) is 4.05. The smallest absolute Gasteiger partial charge is 0.269 e. The van der Waals surface area contributed by atoms with Crippen molar-refractivity contribution in [1.29, 1.82) is 0 Å². The van der Waals surface area contributed by atoms with Gasteiger partial charge in [-0.25, -0.2) is 0 Å². The van der Waals surface area contributed by atoms with Crippen molar-refractivity contribution in [1.82, 2.24) is 4.90 Å². The molecule has 0 spiro atoms. The third-order valence-corrected chi connectivity index (χ3v) is 6.04. The Hall–Kier alpha value is -4.75. The molecular weight excluding hydrogens is 500 g/mol. The molecule has 1 amide bonds. The van der Waals surface area contributed by atoms with Gasteiger partial charge in [-0.15, -0.1) is 6.58 Å². The summed E-state index contributed by atoms with van der Waals surface area (Å²) in [6, 6.07) is 23.9. The minimum absolute atomic E-state index is 0.0382. The average Bonchev–Trinajstić information content (AvgIpc) is 2.97. The Morgan fingerprint density at radius 3 is 1.88 bits per heavy atom. The van der Waals surface area contributed by atoms with Crippen molar-refractivity contribution in [3.05, 3.63) is 142 Å². The van der Waals surface area contributed by atoms with Gasteiger partial charge in [0.05, 0.1) is 4.92 Å². The van der Waals surface area contributed by atoms with Gasteiger partial charge < -0.3 is 16.4 Å². The SMILES string of the molecule is C=C1/C(=C/c2ccc(N)cc2)CN(C(=O)CCc2ccccc2)C/C1=C\c1ccc([N+](=O)[O-])cc1.C=CC.CN. The van der Waals surface area contributed by atoms with Gasteiger partial charge in [0.2, 0.25) is 5.91 Å². The summed E-state index contributed by atoms with van der Waals surface area (Å²) in [6.45, 7) is 10.5. The highest BCUT2D eigenvalue weighted by molar-refractivity contribution is 5.81. The van der Waals surface area contributed by atoms with Crippen LogP contribution in [-0.2, 0) is 11.2 Å². The molecule has 0 radical (unpaired) electrons. The molecule has 3 aromatic rings. The van der Waals surface area contributed by atoms with E-state index in [9.17, 15) is 14.9 Å². The van der Waals surface area contributed by atoms with Crippen LogP contribution in [0.3, 0.4) is 0 Å². The molecule has 3 aromatic carbocycles. The monoisotopic (exact) mass is 538 g/mol. The summed E-state index contributed by atoms with van der Waals surface area (Å²) in [5.74, 6) is 0.0687. The van der Waals surface area contributed by atoms with Gasteiger partial charge in [0.1, 0.15) is 0 Å². The summed E-state index contributed by atoms with van der Waals surface area (Å²) in [5.41, 5.74) is 16.7. The number of carbonyl (C=O) groups excluding carboxylic acids is 1. The van der Waals surface area contributed by atoms with Gasteiger partial charge in [0, 0.05) is 37.3 Å². The number of benzene rings is 3. The van der Waals surface area contributed by atoms with E-state index in [4.69, 9.17) is 5.73 Å². The number of nitro groups is 1. The number of hydrogen-bond acceptors (Lipinski definition) is 5. The largest absolute Gasteiger partial charge is 0.399 e. The number of non-ortho nitro benzene ring substituents is 1. The van der Waals surface area contributed by atoms with Gasteiger partial charge >= 0.3 is 0 Å². The first-order chi connectivity index (χ1) is 19.3. The lowest BCUT2D eigenvalue weighted by Gasteiger charge is -2.33. The van der Waals surface area contributed by atoms with E-state index in [2.05, 4.69) is 18.9 Å². The number of rotatable bonds is 6. The van der Waals surface area contributed by atoms with E-state index in [1.165, 1.54) is 19.2 Å². The van der Waals surface area contributed by atoms with Gasteiger partial charge in [-0.3, -0.25) is 14.9 Å². The molecule has 0 aliphatic carbocycles. The van der Waals surface area contributed by atoms with E-state index in [0.29, 0.717) is 31.6 Å². The number of nitrogens with two attached hydrogens (primary N) is 2. The summed E-state index contributed by atoms with van der Waals surface area (Å²) < 4.78 is 0. The van der Waals surface area contributed by atoms with Crippen LogP contribution in [-0.4, -0.2) is 35.9 Å². The lowest BCUT2D eigenvalue weighted by Crippen LogP contribution is -2.38. The lowest BCUT2D eigenvalue weighted by atomic mass is 9.90. The van der Waals surface area contributed by atoms with Crippen LogP contribution in [0.5, 0.6) is 0 Å². The van der Waals surface area contributed by atoms with Crippen molar-refractivity contribution in [3.8, 4) is 0 Å². The zero-order valence-electron chi connectivity index (χ0n) is 23.3. The quantitative estimate of drug-likeness (QED) is 0.162. The predicted octanol–water partition coefficient (Wildman–Crippen LogP) is 6.44. The van der Waals surface area contributed by atoms with Crippen LogP contribution in [0.2, 0.25) is 0 Å². The molecule has 4 rings (SSSR count). The number of nitrogen functional groups attached to an aromatic ring is 1. The lowest BCUT2D eigenvalue weighted by molar-refractivity contribution is -0.384. The number of aryl methyl sites for hydroxylation is 1. The number of nitro benzene ring substituents is 1. The topological polar surface area (TPSA) is 115 Å². The number of carbonyl (C=O) groups is 1. The number of likely N-dealkylation sites (tertiary alicyclic amines) is 1. The van der Waals surface area contributed by atoms with Crippen molar-refractivity contribution < 1.29 is 9.72 Å². The first kappa shape index (κ1) is 31.5. The fourth-order valence-corrected chi connectivity index (χ4v) is 4.05. The fraction of sp³-hybridized carbons (Fsp3) is 0.182. The first-order valence-electron chi connectivity index (χ1n) is 13.0. The normalized spacial score (nSPS) is 14.5. The molecule has 1 aliphatic rings. The highest BCUT2D eigenvalue weighted by Crippen LogP contribution is 2.30. The maximum Gasteiger partial charge on any atom is 0.269 e. The Morgan fingerprint density at radius 1 is 0.925 bits per heavy atom. The van der Waals surface area contributed by atoms with Crippen molar-refractivity contribution in [2.75, 3.05) is 25.9 Å². The van der Waals surface area contributed by atoms with Gasteiger partial charge in [-0.05, 0) is 90.2 Å². The third kappa shape index (κ3) is 9.53. The number of piperidine rings is 1. The number of nitrogens with zero attached hydrogens (tertiary/aromatic N) is 2. The highest BCUT2D eigenvalue weighted by Gasteiger charge is 2.25. The van der Waals surface area contributed by atoms with E-state index in [-0.39, 0.29) is 11.6 Å². The number of amides is 1. The second-order valence-corrected chi connectivity index (χ2v) is 8.98. The molecule has 0 saturated carbocycles. The van der Waals surface area contributed by atoms with Gasteiger partial charge in [-0.2, -0.15) is 0 Å². The Bertz CT molecular complexity index is 1340. The maximum atomic E-state index is 13.2. The number of hydrogen-bond donors (Lipinski definition) is 2. The van der Waals surface area contributed by atoms with Gasteiger partial charge in [0.25, 0.3) is 5.69 Å². The van der Waals surface area contributed by atoms with Crippen LogP contribution in [0.4, 0.5) is 11.4 Å². The zero-order valence-corrected chi connectivity index (χ0v) is 23.3. The zero-order chi connectivity index (χ0) is 29.5. The molecule has 0 unspecified atom stereocenters. The molecule has 0 aromatic heterocycles. The van der Waals surface area contributed by atoms with E-state index in [0.717, 1.165) is 33.4 Å². The molecule has 7 heteroatoms. The summed E-state index contributed by atoms with van der Waals surface area (Å²) >= 11 is 0. The Labute approximate surface area is 237 Å². The minimum atomic E-state index is -0.420. The summed E-state index contributed by atoms with van der Waals surface area (Å²) in [5, 5.41) is 11.0. The molecule has 4 N–H and O–H groups in total. The number of anilines is 1. The Balaban J connectivity index is 0.00000105. The van der Waals surface area contributed by atoms with Gasteiger partial charge in [-0.1, -0.05) is 55.1 Å². The molecule has 1 heterocycles. The summed E-state index contributed by atoms with van der Waals surface area (Å²) in [4.78, 5) is 25.6. The molecule has 1 saturated heterocycles. The molecule has 208 valence electrons. The van der Waals surface area contributed by atoms with Crippen LogP contribution < -0.4 is 11.5 Å². The molecule has 1 aliphatic heterocycles. The molecular formula is C33H38N4O3. The second kappa shape index (κ2) is 16.3. The molecule has 7 nitrogen and oxygen atoms in total. The highest BCUT2D eigenvalue weighted by atomic mass is 16.6. The molecule has 0 bridgehead atoms. The second-order valence-electron chi connectivity index (χ2n) is 8.98. The maximum absolute atomic E-state index is 13.2. The van der Waals surface area contributed by atoms with E-state index in [1.54, 1.807) is 18.2 Å². The third-order valence-electron chi connectivity index (χ3n) is 6.04. The summed E-state index contributed by atoms with van der Waals surface area (Å²) in [7, 11) is 1.50. The Morgan fingerprint density at radius 2 is 1.40 bits per heavy atom. The van der Waals surface area contributed by atoms with Crippen LogP contribution in [0, 0.1) is 10.1 Å². The van der Waals surface area contributed by atoms with Crippen LogP contribution >= 0.6 is 0 Å². The summed E-state index contributed by atoms with van der Waals surface area (Å²) in [6.07, 6.45) is 6.81.